The molecule has 0 spiro atoms. The first-order valence-electron chi connectivity index (χ1n) is 8.05. The molecule has 0 N–H and O–H groups in total. The van der Waals surface area contributed by atoms with Crippen molar-refractivity contribution in [3.63, 3.8) is 0 Å². The van der Waals surface area contributed by atoms with Crippen molar-refractivity contribution in [3.05, 3.63) is 34.3 Å². The highest BCUT2D eigenvalue weighted by Gasteiger charge is 2.40. The number of hydrogen-bond acceptors (Lipinski definition) is 1. The van der Waals surface area contributed by atoms with Crippen LogP contribution in [0.25, 0.3) is 0 Å². The van der Waals surface area contributed by atoms with E-state index in [9.17, 15) is 0 Å². The van der Waals surface area contributed by atoms with Gasteiger partial charge in [-0.2, -0.15) is 0 Å². The van der Waals surface area contributed by atoms with Gasteiger partial charge in [0.15, 0.2) is 8.32 Å². The van der Waals surface area contributed by atoms with E-state index in [1.165, 1.54) is 5.56 Å². The fraction of sp³-hybridized carbons (Fsp3) is 0.667. The molecule has 1 rings (SSSR count). The van der Waals surface area contributed by atoms with Gasteiger partial charge >= 0.3 is 0 Å². The minimum absolute atomic E-state index is 0.217. The van der Waals surface area contributed by atoms with Crippen LogP contribution >= 0.6 is 15.9 Å². The third kappa shape index (κ3) is 4.94. The lowest BCUT2D eigenvalue weighted by atomic mass is 9.91. The highest BCUT2D eigenvalue weighted by molar-refractivity contribution is 9.10. The van der Waals surface area contributed by atoms with Crippen molar-refractivity contribution in [3.8, 4) is 0 Å². The van der Waals surface area contributed by atoms with Gasteiger partial charge in [0.05, 0.1) is 6.10 Å². The maximum atomic E-state index is 6.80. The molecule has 1 atom stereocenters. The SMILES string of the molecule is CCC(CC)C(O[Si](C)(C)C(C)(C)C)c1ccc(Br)cc1. The van der Waals surface area contributed by atoms with Crippen LogP contribution in [-0.4, -0.2) is 8.32 Å². The number of rotatable bonds is 6. The van der Waals surface area contributed by atoms with Crippen LogP contribution < -0.4 is 0 Å². The molecule has 0 fully saturated rings. The Labute approximate surface area is 140 Å². The molecule has 0 bridgehead atoms. The molecule has 0 saturated carbocycles. The fourth-order valence-corrected chi connectivity index (χ4v) is 3.88. The van der Waals surface area contributed by atoms with Gasteiger partial charge in [0.2, 0.25) is 0 Å². The lowest BCUT2D eigenvalue weighted by molar-refractivity contribution is 0.112. The van der Waals surface area contributed by atoms with E-state index in [4.69, 9.17) is 4.43 Å². The second kappa shape index (κ2) is 7.43. The maximum absolute atomic E-state index is 6.80. The molecule has 0 aliphatic carbocycles. The maximum Gasteiger partial charge on any atom is 0.192 e. The zero-order valence-electron chi connectivity index (χ0n) is 14.7. The van der Waals surface area contributed by atoms with Crippen LogP contribution in [0.2, 0.25) is 18.1 Å². The molecular weight excluding hydrogens is 340 g/mol. The Hall–Kier alpha value is -0.123. The Morgan fingerprint density at radius 1 is 1.05 bits per heavy atom. The predicted molar refractivity (Wildman–Crippen MR) is 99.2 cm³/mol. The van der Waals surface area contributed by atoms with E-state index in [2.05, 4.69) is 87.9 Å². The largest absolute Gasteiger partial charge is 0.410 e. The van der Waals surface area contributed by atoms with Gasteiger partial charge in [-0.3, -0.25) is 0 Å². The highest BCUT2D eigenvalue weighted by atomic mass is 79.9. The summed E-state index contributed by atoms with van der Waals surface area (Å²) in [5, 5.41) is 0.243. The molecule has 1 unspecified atom stereocenters. The molecule has 0 aliphatic heterocycles. The molecule has 21 heavy (non-hydrogen) atoms. The van der Waals surface area contributed by atoms with Crippen molar-refractivity contribution < 1.29 is 4.43 Å². The van der Waals surface area contributed by atoms with Gasteiger partial charge in [-0.15, -0.1) is 0 Å². The van der Waals surface area contributed by atoms with E-state index >= 15 is 0 Å². The van der Waals surface area contributed by atoms with Crippen molar-refractivity contribution >= 4 is 24.2 Å². The van der Waals surface area contributed by atoms with Gasteiger partial charge < -0.3 is 4.43 Å². The zero-order valence-corrected chi connectivity index (χ0v) is 17.3. The van der Waals surface area contributed by atoms with Gasteiger partial charge in [-0.25, -0.2) is 0 Å². The smallest absolute Gasteiger partial charge is 0.192 e. The number of hydrogen-bond donors (Lipinski definition) is 0. The zero-order chi connectivity index (χ0) is 16.3. The summed E-state index contributed by atoms with van der Waals surface area (Å²) in [7, 11) is -1.77. The molecule has 1 aromatic carbocycles. The number of benzene rings is 1. The predicted octanol–water partition coefficient (Wildman–Crippen LogP) is 6.95. The van der Waals surface area contributed by atoms with Crippen LogP contribution in [0.4, 0.5) is 0 Å². The molecule has 0 radical (unpaired) electrons. The van der Waals surface area contributed by atoms with E-state index in [1.54, 1.807) is 0 Å². The van der Waals surface area contributed by atoms with Crippen LogP contribution in [0.1, 0.15) is 59.1 Å². The summed E-state index contributed by atoms with van der Waals surface area (Å²) in [4.78, 5) is 0. The summed E-state index contributed by atoms with van der Waals surface area (Å²) in [6.07, 6.45) is 2.53. The molecule has 0 heterocycles. The van der Waals surface area contributed by atoms with E-state index in [-0.39, 0.29) is 11.1 Å². The van der Waals surface area contributed by atoms with E-state index < -0.39 is 8.32 Å². The molecule has 0 aliphatic rings. The minimum Gasteiger partial charge on any atom is -0.410 e. The second-order valence-corrected chi connectivity index (χ2v) is 13.1. The Balaban J connectivity index is 3.12. The summed E-state index contributed by atoms with van der Waals surface area (Å²) in [6.45, 7) is 16.2. The average Bonchev–Trinajstić information content (AvgIpc) is 2.38. The lowest BCUT2D eigenvalue weighted by Gasteiger charge is -2.41. The lowest BCUT2D eigenvalue weighted by Crippen LogP contribution is -2.43. The van der Waals surface area contributed by atoms with Gasteiger partial charge in [0.25, 0.3) is 0 Å². The first-order chi connectivity index (χ1) is 9.62. The third-order valence-electron chi connectivity index (χ3n) is 4.90. The quantitative estimate of drug-likeness (QED) is 0.492. The Morgan fingerprint density at radius 2 is 1.52 bits per heavy atom. The van der Waals surface area contributed by atoms with Crippen molar-refractivity contribution in [1.82, 2.24) is 0 Å². The first kappa shape index (κ1) is 18.9. The van der Waals surface area contributed by atoms with Crippen LogP contribution in [0.5, 0.6) is 0 Å². The second-order valence-electron chi connectivity index (χ2n) is 7.43. The fourth-order valence-electron chi connectivity index (χ4n) is 2.30. The van der Waals surface area contributed by atoms with Crippen molar-refractivity contribution in [2.75, 3.05) is 0 Å². The summed E-state index contributed by atoms with van der Waals surface area (Å²) in [6, 6.07) is 8.67. The Morgan fingerprint density at radius 3 is 1.90 bits per heavy atom. The van der Waals surface area contributed by atoms with Crippen molar-refractivity contribution in [1.29, 1.82) is 0 Å². The van der Waals surface area contributed by atoms with Crippen LogP contribution in [0.3, 0.4) is 0 Å². The standard InChI is InChI=1S/C18H31BrOSi/c1-8-14(9-2)17(15-10-12-16(19)13-11-15)20-21(6,7)18(3,4)5/h10-14,17H,8-9H2,1-7H3. The summed E-state index contributed by atoms with van der Waals surface area (Å²) >= 11 is 3.53. The van der Waals surface area contributed by atoms with Crippen molar-refractivity contribution in [2.45, 2.75) is 71.7 Å². The molecule has 0 saturated heterocycles. The first-order valence-corrected chi connectivity index (χ1v) is 11.8. The molecule has 120 valence electrons. The van der Waals surface area contributed by atoms with E-state index in [1.807, 2.05) is 0 Å². The molecule has 3 heteroatoms. The minimum atomic E-state index is -1.77. The molecular formula is C18H31BrOSi. The van der Waals surface area contributed by atoms with Crippen LogP contribution in [-0.2, 0) is 4.43 Å². The summed E-state index contributed by atoms with van der Waals surface area (Å²) < 4.78 is 7.92. The Bertz CT molecular complexity index is 430. The third-order valence-corrected chi connectivity index (χ3v) is 9.89. The van der Waals surface area contributed by atoms with E-state index in [0.29, 0.717) is 5.92 Å². The monoisotopic (exact) mass is 370 g/mol. The van der Waals surface area contributed by atoms with Crippen molar-refractivity contribution in [2.24, 2.45) is 5.92 Å². The molecule has 0 aromatic heterocycles. The van der Waals surface area contributed by atoms with Crippen LogP contribution in [0, 0.1) is 5.92 Å². The molecule has 1 nitrogen and oxygen atoms in total. The van der Waals surface area contributed by atoms with Gasteiger partial charge in [0, 0.05) is 4.47 Å². The molecule has 0 amide bonds. The topological polar surface area (TPSA) is 9.23 Å². The van der Waals surface area contributed by atoms with E-state index in [0.717, 1.165) is 17.3 Å². The Kier molecular flexibility index (Phi) is 6.70. The average molecular weight is 371 g/mol. The summed E-state index contributed by atoms with van der Waals surface area (Å²) in [5.74, 6) is 0.584. The van der Waals surface area contributed by atoms with Gasteiger partial charge in [-0.1, -0.05) is 75.5 Å². The van der Waals surface area contributed by atoms with Gasteiger partial charge in [-0.05, 0) is 41.7 Å². The molecule has 1 aromatic rings. The highest BCUT2D eigenvalue weighted by Crippen LogP contribution is 2.42. The van der Waals surface area contributed by atoms with Crippen LogP contribution in [0.15, 0.2) is 28.7 Å². The summed E-state index contributed by atoms with van der Waals surface area (Å²) in [5.41, 5.74) is 1.32. The number of halogens is 1. The van der Waals surface area contributed by atoms with Gasteiger partial charge in [0.1, 0.15) is 0 Å². The normalized spacial score (nSPS) is 14.5.